The van der Waals surface area contributed by atoms with E-state index < -0.39 is 21.6 Å². The fourth-order valence-electron chi connectivity index (χ4n) is 5.26. The second-order valence-corrected chi connectivity index (χ2v) is 13.0. The van der Waals surface area contributed by atoms with Crippen LogP contribution < -0.4 is 25.4 Å². The minimum Gasteiger partial charge on any atom is -0.495 e. The van der Waals surface area contributed by atoms with E-state index in [2.05, 4.69) is 20.7 Å². The number of carbonyl (C=O) groups is 3. The number of benzene rings is 2. The van der Waals surface area contributed by atoms with Crippen molar-refractivity contribution in [1.29, 1.82) is 0 Å². The summed E-state index contributed by atoms with van der Waals surface area (Å²) in [5.41, 5.74) is 0.635. The molecule has 2 aliphatic heterocycles. The molecule has 2 aliphatic rings. The lowest BCUT2D eigenvalue weighted by atomic mass is 9.87. The molecule has 1 spiro atoms. The van der Waals surface area contributed by atoms with Crippen molar-refractivity contribution in [2.75, 3.05) is 43.0 Å². The number of rotatable bonds is 8. The van der Waals surface area contributed by atoms with E-state index in [0.717, 1.165) is 16.5 Å². The van der Waals surface area contributed by atoms with Gasteiger partial charge in [-0.1, -0.05) is 24.3 Å². The zero-order valence-corrected chi connectivity index (χ0v) is 25.1. The number of anilines is 2. The number of ether oxygens (including phenoxy) is 1. The van der Waals surface area contributed by atoms with Crippen LogP contribution in [0.15, 0.2) is 47.5 Å². The summed E-state index contributed by atoms with van der Waals surface area (Å²) in [5.74, 6) is 0.657. The van der Waals surface area contributed by atoms with Crippen LogP contribution in [0.1, 0.15) is 35.7 Å². The number of nitrogens with zero attached hydrogens (tertiary/aromatic N) is 2. The normalized spacial score (nSPS) is 16.2. The Bertz CT molecular complexity index is 1690. The number of hydrogen-bond donors (Lipinski definition) is 4. The van der Waals surface area contributed by atoms with Crippen LogP contribution in [0, 0.1) is 0 Å². The molecule has 1 fully saturated rings. The van der Waals surface area contributed by atoms with Crippen molar-refractivity contribution in [3.8, 4) is 5.75 Å². The van der Waals surface area contributed by atoms with Gasteiger partial charge in [0.25, 0.3) is 11.8 Å². The quantitative estimate of drug-likeness (QED) is 0.306. The highest BCUT2D eigenvalue weighted by Crippen LogP contribution is 2.42. The average Bonchev–Trinajstić information content (AvgIpc) is 3.44. The Labute approximate surface area is 247 Å². The van der Waals surface area contributed by atoms with Gasteiger partial charge < -0.3 is 20.3 Å². The number of thiophene rings is 1. The number of urea groups is 1. The van der Waals surface area contributed by atoms with Gasteiger partial charge >= 0.3 is 6.03 Å². The van der Waals surface area contributed by atoms with Crippen molar-refractivity contribution in [3.63, 3.8) is 0 Å². The van der Waals surface area contributed by atoms with Crippen LogP contribution in [0.4, 0.5) is 15.5 Å². The Kier molecular flexibility index (Phi) is 8.10. The van der Waals surface area contributed by atoms with E-state index in [0.29, 0.717) is 72.1 Å². The van der Waals surface area contributed by atoms with Crippen LogP contribution in [0.3, 0.4) is 0 Å². The molecule has 1 aromatic heterocycles. The Hall–Kier alpha value is -4.17. The van der Waals surface area contributed by atoms with Gasteiger partial charge in [-0.25, -0.2) is 13.2 Å². The molecule has 1 saturated heterocycles. The number of amides is 4. The van der Waals surface area contributed by atoms with E-state index in [1.54, 1.807) is 42.3 Å². The maximum Gasteiger partial charge on any atom is 0.319 e. The second kappa shape index (κ2) is 11.6. The van der Waals surface area contributed by atoms with Gasteiger partial charge in [-0.15, -0.1) is 11.3 Å². The number of carbonyl (C=O) groups excluding carboxylic acids is 3. The van der Waals surface area contributed by atoms with Crippen LogP contribution in [0.5, 0.6) is 5.75 Å². The van der Waals surface area contributed by atoms with Crippen molar-refractivity contribution < 1.29 is 27.5 Å². The Morgan fingerprint density at radius 2 is 1.90 bits per heavy atom. The third-order valence-corrected chi connectivity index (χ3v) is 8.93. The van der Waals surface area contributed by atoms with Gasteiger partial charge in [-0.05, 0) is 43.5 Å². The molecule has 5 rings (SSSR count). The predicted molar refractivity (Wildman–Crippen MR) is 163 cm³/mol. The third-order valence-electron chi connectivity index (χ3n) is 7.19. The summed E-state index contributed by atoms with van der Waals surface area (Å²) in [5, 5.41) is 9.51. The van der Waals surface area contributed by atoms with E-state index >= 15 is 0 Å². The van der Waals surface area contributed by atoms with Gasteiger partial charge in [0, 0.05) is 37.1 Å². The molecule has 0 unspecified atom stereocenters. The highest BCUT2D eigenvalue weighted by atomic mass is 32.2. The zero-order chi connectivity index (χ0) is 30.1. The van der Waals surface area contributed by atoms with Gasteiger partial charge in [-0.2, -0.15) is 0 Å². The molecule has 2 aromatic carbocycles. The lowest BCUT2D eigenvalue weighted by molar-refractivity contribution is -0.125. The van der Waals surface area contributed by atoms with Crippen molar-refractivity contribution in [2.24, 2.45) is 4.99 Å². The van der Waals surface area contributed by atoms with Crippen LogP contribution in [0.2, 0.25) is 0 Å². The van der Waals surface area contributed by atoms with E-state index in [9.17, 15) is 22.8 Å². The summed E-state index contributed by atoms with van der Waals surface area (Å²) in [6.45, 7) is 2.85. The molecule has 4 N–H and O–H groups in total. The molecule has 4 amide bonds. The second-order valence-electron chi connectivity index (χ2n) is 10.2. The first-order valence-electron chi connectivity index (χ1n) is 13.4. The van der Waals surface area contributed by atoms with Crippen LogP contribution in [-0.2, 0) is 21.2 Å². The largest absolute Gasteiger partial charge is 0.495 e. The average molecular weight is 613 g/mol. The lowest BCUT2D eigenvalue weighted by Crippen LogP contribution is -2.50. The van der Waals surface area contributed by atoms with Crippen LogP contribution in [-0.4, -0.2) is 75.5 Å². The summed E-state index contributed by atoms with van der Waals surface area (Å²) in [6, 6.07) is 12.0. The Morgan fingerprint density at radius 3 is 2.60 bits per heavy atom. The number of methoxy groups -OCH3 is 1. The standard InChI is InChI=1S/C28H32N6O6S2/c1-4-29-27(37)31-24-22(19-9-6-10-20(40-2)23(19)41-24)25(35)34-13-11-28(12-14-34)26(36)30-21(32-28)16-17-7-5-8-18(15-17)33-42(3,38)39/h5-10,15,33H,4,11-14,16H2,1-3H3,(H2,29,31,37)(H,30,32,36). The molecule has 3 aromatic rings. The molecule has 0 bridgehead atoms. The summed E-state index contributed by atoms with van der Waals surface area (Å²) in [6.07, 6.45) is 2.09. The number of hydrogen-bond acceptors (Lipinski definition) is 8. The fraction of sp³-hybridized carbons (Fsp3) is 0.357. The van der Waals surface area contributed by atoms with Gasteiger partial charge in [0.2, 0.25) is 10.0 Å². The smallest absolute Gasteiger partial charge is 0.319 e. The Morgan fingerprint density at radius 1 is 1.17 bits per heavy atom. The monoisotopic (exact) mass is 612 g/mol. The minimum absolute atomic E-state index is 0.209. The highest BCUT2D eigenvalue weighted by Gasteiger charge is 2.46. The Balaban J connectivity index is 1.34. The van der Waals surface area contributed by atoms with E-state index in [1.165, 1.54) is 11.3 Å². The SMILES string of the molecule is CCNC(=O)Nc1sc2c(OC)cccc2c1C(=O)N1CCC2(CC1)N=C(Cc1cccc(NS(C)(=O)=O)c1)NC2=O. The third kappa shape index (κ3) is 6.04. The molecular formula is C28H32N6O6S2. The first kappa shape index (κ1) is 29.3. The molecule has 12 nitrogen and oxygen atoms in total. The lowest BCUT2D eigenvalue weighted by Gasteiger charge is -2.35. The van der Waals surface area contributed by atoms with Crippen molar-refractivity contribution in [1.82, 2.24) is 15.5 Å². The van der Waals surface area contributed by atoms with Gasteiger partial charge in [-0.3, -0.25) is 24.6 Å². The van der Waals surface area contributed by atoms with Crippen LogP contribution in [0.25, 0.3) is 10.1 Å². The first-order valence-corrected chi connectivity index (χ1v) is 16.1. The highest BCUT2D eigenvalue weighted by molar-refractivity contribution is 7.92. The number of likely N-dealkylation sites (tertiary alicyclic amines) is 1. The van der Waals surface area contributed by atoms with Gasteiger partial charge in [0.15, 0.2) is 0 Å². The molecule has 0 radical (unpaired) electrons. The minimum atomic E-state index is -3.42. The summed E-state index contributed by atoms with van der Waals surface area (Å²) >= 11 is 1.28. The number of fused-ring (bicyclic) bond motifs is 1. The fourth-order valence-corrected chi connectivity index (χ4v) is 6.99. The van der Waals surface area contributed by atoms with Crippen molar-refractivity contribution >= 4 is 65.8 Å². The molecule has 3 heterocycles. The van der Waals surface area contributed by atoms with Gasteiger partial charge in [0.05, 0.1) is 23.6 Å². The van der Waals surface area contributed by atoms with Crippen LogP contribution >= 0.6 is 11.3 Å². The van der Waals surface area contributed by atoms with Crippen molar-refractivity contribution in [3.05, 3.63) is 53.6 Å². The number of piperidine rings is 1. The number of amidine groups is 1. The summed E-state index contributed by atoms with van der Waals surface area (Å²) in [7, 11) is -1.86. The molecule has 0 atom stereocenters. The molecule has 0 saturated carbocycles. The topological polar surface area (TPSA) is 158 Å². The summed E-state index contributed by atoms with van der Waals surface area (Å²) in [4.78, 5) is 45.8. The maximum absolute atomic E-state index is 13.9. The van der Waals surface area contributed by atoms with E-state index in [1.807, 2.05) is 19.1 Å². The summed E-state index contributed by atoms with van der Waals surface area (Å²) < 4.78 is 31.9. The molecular weight excluding hydrogens is 580 g/mol. The molecule has 222 valence electrons. The molecule has 14 heteroatoms. The maximum atomic E-state index is 13.9. The first-order chi connectivity index (χ1) is 20.0. The zero-order valence-electron chi connectivity index (χ0n) is 23.4. The molecule has 42 heavy (non-hydrogen) atoms. The van der Waals surface area contributed by atoms with Gasteiger partial charge in [0.1, 0.15) is 22.1 Å². The predicted octanol–water partition coefficient (Wildman–Crippen LogP) is 3.17. The molecule has 0 aliphatic carbocycles. The van der Waals surface area contributed by atoms with E-state index in [-0.39, 0.29) is 11.8 Å². The number of sulfonamides is 1. The number of nitrogens with one attached hydrogen (secondary N) is 4. The van der Waals surface area contributed by atoms with Crippen molar-refractivity contribution in [2.45, 2.75) is 31.7 Å². The van der Waals surface area contributed by atoms with E-state index in [4.69, 9.17) is 9.73 Å². The number of aliphatic imine (C=N–C) groups is 1.